The maximum absolute atomic E-state index is 13.0. The number of alkyl halides is 3. The van der Waals surface area contributed by atoms with Crippen LogP contribution < -0.4 is 0 Å². The molecule has 2 heterocycles. The summed E-state index contributed by atoms with van der Waals surface area (Å²) < 4.78 is 38.9. The molecule has 2 aliphatic heterocycles. The van der Waals surface area contributed by atoms with Gasteiger partial charge in [-0.25, -0.2) is 4.99 Å². The van der Waals surface area contributed by atoms with Crippen molar-refractivity contribution >= 4 is 12.0 Å². The number of rotatable bonds is 0. The van der Waals surface area contributed by atoms with Gasteiger partial charge in [-0.15, -0.1) is 0 Å². The summed E-state index contributed by atoms with van der Waals surface area (Å²) in [6.07, 6.45) is -1.08. The van der Waals surface area contributed by atoms with Crippen LogP contribution in [0.4, 0.5) is 18.9 Å². The molecule has 1 unspecified atom stereocenters. The van der Waals surface area contributed by atoms with Crippen LogP contribution in [0.15, 0.2) is 47.5 Å². The number of hydrogen-bond donors (Lipinski definition) is 0. The van der Waals surface area contributed by atoms with Crippen molar-refractivity contribution in [1.82, 2.24) is 4.90 Å². The van der Waals surface area contributed by atoms with Gasteiger partial charge in [-0.05, 0) is 47.7 Å². The Balaban J connectivity index is 1.78. The molecule has 0 aliphatic carbocycles. The summed E-state index contributed by atoms with van der Waals surface area (Å²) in [6, 6.07) is 12.0. The molecule has 2 aromatic rings. The van der Waals surface area contributed by atoms with Gasteiger partial charge in [0.15, 0.2) is 0 Å². The third-order valence-electron chi connectivity index (χ3n) is 4.62. The van der Waals surface area contributed by atoms with Crippen molar-refractivity contribution in [3.8, 4) is 0 Å². The molecule has 0 amide bonds. The minimum atomic E-state index is -4.32. The first-order valence-corrected chi connectivity index (χ1v) is 7.60. The molecule has 4 rings (SSSR count). The molecule has 118 valence electrons. The maximum atomic E-state index is 13.0. The fraction of sp³-hybridized carbons (Fsp3) is 0.278. The first kappa shape index (κ1) is 14.3. The molecule has 1 atom stereocenters. The summed E-state index contributed by atoms with van der Waals surface area (Å²) in [4.78, 5) is 6.54. The van der Waals surface area contributed by atoms with Crippen LogP contribution in [0.5, 0.6) is 0 Å². The Bertz CT molecular complexity index is 780. The Morgan fingerprint density at radius 3 is 2.70 bits per heavy atom. The van der Waals surface area contributed by atoms with E-state index in [-0.39, 0.29) is 6.04 Å². The fourth-order valence-corrected chi connectivity index (χ4v) is 3.43. The number of hydrogen-bond acceptors (Lipinski definition) is 2. The predicted molar refractivity (Wildman–Crippen MR) is 82.9 cm³/mol. The first-order chi connectivity index (χ1) is 11.0. The number of aliphatic imine (C=N–C) groups is 1. The van der Waals surface area contributed by atoms with Gasteiger partial charge in [0.2, 0.25) is 0 Å². The summed E-state index contributed by atoms with van der Waals surface area (Å²) in [5.41, 5.74) is 3.14. The minimum absolute atomic E-state index is 0.0495. The van der Waals surface area contributed by atoms with Crippen LogP contribution in [0.3, 0.4) is 0 Å². The highest BCUT2D eigenvalue weighted by atomic mass is 19.4. The van der Waals surface area contributed by atoms with Gasteiger partial charge in [0, 0.05) is 6.54 Å². The van der Waals surface area contributed by atoms with Crippen LogP contribution in [-0.4, -0.2) is 17.8 Å². The second-order valence-electron chi connectivity index (χ2n) is 5.99. The zero-order valence-electron chi connectivity index (χ0n) is 12.3. The van der Waals surface area contributed by atoms with E-state index >= 15 is 0 Å². The lowest BCUT2D eigenvalue weighted by molar-refractivity contribution is -0.137. The summed E-state index contributed by atoms with van der Waals surface area (Å²) in [6.45, 7) is 0.839. The number of nitrogens with zero attached hydrogens (tertiary/aromatic N) is 2. The van der Waals surface area contributed by atoms with Gasteiger partial charge in [-0.2, -0.15) is 13.2 Å². The van der Waals surface area contributed by atoms with Crippen LogP contribution in [0.2, 0.25) is 0 Å². The van der Waals surface area contributed by atoms with E-state index in [1.165, 1.54) is 23.3 Å². The third-order valence-corrected chi connectivity index (χ3v) is 4.62. The van der Waals surface area contributed by atoms with E-state index < -0.39 is 11.7 Å². The lowest BCUT2D eigenvalue weighted by atomic mass is 9.88. The molecule has 2 nitrogen and oxygen atoms in total. The summed E-state index contributed by atoms with van der Waals surface area (Å²) in [5, 5.41) is 0. The number of benzene rings is 2. The Morgan fingerprint density at radius 2 is 1.87 bits per heavy atom. The van der Waals surface area contributed by atoms with Gasteiger partial charge < -0.3 is 4.90 Å². The predicted octanol–water partition coefficient (Wildman–Crippen LogP) is 4.52. The number of fused-ring (bicyclic) bond motifs is 4. The smallest absolute Gasteiger partial charge is 0.355 e. The molecular formula is C18H15F3N2. The first-order valence-electron chi connectivity index (χ1n) is 7.60. The Labute approximate surface area is 132 Å². The highest BCUT2D eigenvalue weighted by molar-refractivity contribution is 5.67. The van der Waals surface area contributed by atoms with E-state index in [9.17, 15) is 13.2 Å². The molecule has 23 heavy (non-hydrogen) atoms. The largest absolute Gasteiger partial charge is 0.416 e. The van der Waals surface area contributed by atoms with E-state index in [2.05, 4.69) is 22.0 Å². The summed E-state index contributed by atoms with van der Waals surface area (Å²) in [5.74, 6) is 0. The van der Waals surface area contributed by atoms with E-state index in [4.69, 9.17) is 0 Å². The molecule has 0 N–H and O–H groups in total. The lowest BCUT2D eigenvalue weighted by Gasteiger charge is -2.35. The van der Waals surface area contributed by atoms with Crippen molar-refractivity contribution in [2.75, 3.05) is 6.54 Å². The van der Waals surface area contributed by atoms with Gasteiger partial charge in [0.25, 0.3) is 0 Å². The van der Waals surface area contributed by atoms with Gasteiger partial charge in [0.05, 0.1) is 23.6 Å². The fourth-order valence-electron chi connectivity index (χ4n) is 3.43. The van der Waals surface area contributed by atoms with Crippen LogP contribution in [0.1, 0.15) is 28.3 Å². The highest BCUT2D eigenvalue weighted by Gasteiger charge is 2.33. The summed E-state index contributed by atoms with van der Waals surface area (Å²) in [7, 11) is 0. The molecule has 0 spiro atoms. The van der Waals surface area contributed by atoms with Crippen molar-refractivity contribution in [2.24, 2.45) is 4.99 Å². The maximum Gasteiger partial charge on any atom is 0.416 e. The second-order valence-corrected chi connectivity index (χ2v) is 5.99. The lowest BCUT2D eigenvalue weighted by Crippen LogP contribution is -2.34. The Morgan fingerprint density at radius 1 is 1.04 bits per heavy atom. The van der Waals surface area contributed by atoms with Crippen molar-refractivity contribution in [1.29, 1.82) is 0 Å². The average Bonchev–Trinajstić information content (AvgIpc) is 2.72. The quantitative estimate of drug-likeness (QED) is 0.697. The van der Waals surface area contributed by atoms with Gasteiger partial charge in [0.1, 0.15) is 0 Å². The molecule has 0 saturated carbocycles. The van der Waals surface area contributed by atoms with E-state index in [1.54, 1.807) is 6.34 Å². The van der Waals surface area contributed by atoms with Crippen LogP contribution in [0.25, 0.3) is 0 Å². The summed E-state index contributed by atoms with van der Waals surface area (Å²) >= 11 is 0. The van der Waals surface area contributed by atoms with Crippen LogP contribution in [-0.2, 0) is 19.0 Å². The zero-order chi connectivity index (χ0) is 16.0. The average molecular weight is 316 g/mol. The number of halogens is 3. The van der Waals surface area contributed by atoms with E-state index in [0.717, 1.165) is 19.0 Å². The molecule has 0 bridgehead atoms. The van der Waals surface area contributed by atoms with E-state index in [0.29, 0.717) is 17.7 Å². The van der Waals surface area contributed by atoms with Crippen molar-refractivity contribution < 1.29 is 13.2 Å². The molecule has 0 aromatic heterocycles. The topological polar surface area (TPSA) is 15.6 Å². The molecule has 0 radical (unpaired) electrons. The van der Waals surface area contributed by atoms with Crippen LogP contribution >= 0.6 is 0 Å². The molecule has 0 fully saturated rings. The van der Waals surface area contributed by atoms with Gasteiger partial charge >= 0.3 is 6.18 Å². The molecule has 5 heteroatoms. The standard InChI is InChI=1S/C18H15F3N2/c19-18(20,21)14-5-6-16-13(9-14)10-17-15-4-2-1-3-12(15)7-8-23(17)11-22-16/h1-6,9,11,17H,7-8,10H2. The highest BCUT2D eigenvalue weighted by Crippen LogP contribution is 2.39. The van der Waals surface area contributed by atoms with E-state index in [1.807, 2.05) is 12.1 Å². The van der Waals surface area contributed by atoms with Crippen molar-refractivity contribution in [3.05, 3.63) is 64.7 Å². The Hall–Kier alpha value is -2.30. The molecular weight excluding hydrogens is 301 g/mol. The SMILES string of the molecule is FC(F)(F)c1ccc2c(c1)CC1c3ccccc3CCN1C=N2. The van der Waals surface area contributed by atoms with Crippen molar-refractivity contribution in [3.63, 3.8) is 0 Å². The zero-order valence-corrected chi connectivity index (χ0v) is 12.3. The van der Waals surface area contributed by atoms with Crippen LogP contribution in [0, 0.1) is 0 Å². The normalized spacial score (nSPS) is 19.6. The molecule has 2 aromatic carbocycles. The monoisotopic (exact) mass is 316 g/mol. The second kappa shape index (κ2) is 5.11. The van der Waals surface area contributed by atoms with Gasteiger partial charge in [-0.3, -0.25) is 0 Å². The Kier molecular flexibility index (Phi) is 3.18. The third kappa shape index (κ3) is 2.50. The minimum Gasteiger partial charge on any atom is -0.355 e. The molecule has 2 aliphatic rings. The molecule has 0 saturated heterocycles. The van der Waals surface area contributed by atoms with Gasteiger partial charge in [-0.1, -0.05) is 24.3 Å². The van der Waals surface area contributed by atoms with Crippen molar-refractivity contribution in [2.45, 2.75) is 25.1 Å².